The van der Waals surface area contributed by atoms with Crippen LogP contribution in [0.4, 0.5) is 0 Å². The van der Waals surface area contributed by atoms with Crippen LogP contribution < -0.4 is 9.88 Å². The Morgan fingerprint density at radius 1 is 0.788 bits per heavy atom. The highest BCUT2D eigenvalue weighted by Gasteiger charge is 2.64. The van der Waals surface area contributed by atoms with E-state index in [1.165, 1.54) is 42.2 Å². The standard InChI is InChI=1S/C28H21NOS3/c1-3-30-28-22(18-13-7-10-16-21(18)33-28)24-25(31-26(29-24)17-11-5-4-6-12-17)23-19-14-8-9-15-20(19)32-27(23,28)2/h4-16H,3H2,1-2H3. The van der Waals surface area contributed by atoms with Crippen molar-refractivity contribution in [2.75, 3.05) is 6.61 Å². The summed E-state index contributed by atoms with van der Waals surface area (Å²) in [5.41, 5.74) is 6.36. The largest absolute Gasteiger partial charge is 0.358 e. The van der Waals surface area contributed by atoms with Crippen molar-refractivity contribution in [3.63, 3.8) is 0 Å². The lowest BCUT2D eigenvalue weighted by Gasteiger charge is -2.45. The molecule has 2 unspecified atom stereocenters. The van der Waals surface area contributed by atoms with Crippen molar-refractivity contribution in [3.05, 3.63) is 99.9 Å². The smallest absolute Gasteiger partial charge is 0.165 e. The van der Waals surface area contributed by atoms with Gasteiger partial charge in [-0.1, -0.05) is 78.5 Å². The molecule has 5 heteroatoms. The normalized spacial score (nSPS) is 24.2. The van der Waals surface area contributed by atoms with Gasteiger partial charge in [-0.15, -0.1) is 23.1 Å². The van der Waals surface area contributed by atoms with E-state index in [0.717, 1.165) is 10.4 Å². The van der Waals surface area contributed by atoms with Crippen LogP contribution in [0, 0.1) is 0 Å². The number of nitrogens with zero attached hydrogens (tertiary/aromatic N) is 1. The summed E-state index contributed by atoms with van der Waals surface area (Å²) in [4.78, 5) is 7.39. The summed E-state index contributed by atoms with van der Waals surface area (Å²) in [7, 11) is 0. The van der Waals surface area contributed by atoms with Crippen molar-refractivity contribution in [1.29, 1.82) is 0 Å². The number of thioether (sulfide) groups is 2. The van der Waals surface area contributed by atoms with Crippen molar-refractivity contribution in [3.8, 4) is 10.6 Å². The van der Waals surface area contributed by atoms with E-state index in [1.54, 1.807) is 0 Å². The molecule has 0 radical (unpaired) electrons. The Hall–Kier alpha value is -2.31. The van der Waals surface area contributed by atoms with Crippen molar-refractivity contribution in [2.24, 2.45) is 0 Å². The van der Waals surface area contributed by atoms with Gasteiger partial charge >= 0.3 is 0 Å². The fourth-order valence-corrected chi connectivity index (χ4v) is 9.99. The van der Waals surface area contributed by atoms with Crippen molar-refractivity contribution < 1.29 is 4.74 Å². The first kappa shape index (κ1) is 20.1. The van der Waals surface area contributed by atoms with E-state index >= 15 is 0 Å². The van der Waals surface area contributed by atoms with Crippen molar-refractivity contribution in [1.82, 2.24) is 4.98 Å². The Morgan fingerprint density at radius 2 is 1.42 bits per heavy atom. The number of aromatic nitrogens is 1. The summed E-state index contributed by atoms with van der Waals surface area (Å²) in [6.07, 6.45) is 0. The number of fused-ring (bicyclic) bond motifs is 8. The number of ether oxygens (including phenoxy) is 1. The quantitative estimate of drug-likeness (QED) is 0.360. The average Bonchev–Trinajstić information content (AvgIpc) is 3.49. The molecular weight excluding hydrogens is 463 g/mol. The van der Waals surface area contributed by atoms with Crippen LogP contribution in [0.3, 0.4) is 0 Å². The van der Waals surface area contributed by atoms with Gasteiger partial charge in [-0.25, -0.2) is 4.98 Å². The molecule has 0 N–H and O–H groups in total. The van der Waals surface area contributed by atoms with Crippen LogP contribution in [0.1, 0.15) is 25.0 Å². The third-order valence-electron chi connectivity index (χ3n) is 6.77. The van der Waals surface area contributed by atoms with E-state index in [9.17, 15) is 0 Å². The molecule has 33 heavy (non-hydrogen) atoms. The predicted molar refractivity (Wildman–Crippen MR) is 139 cm³/mol. The molecule has 3 aliphatic rings. The van der Waals surface area contributed by atoms with Gasteiger partial charge in [0.25, 0.3) is 0 Å². The SMILES string of the molecule is CCOC12Sc3ccccc3C1=c1nc(-c3ccccc3)sc1=C1c3ccccc3SC12C. The van der Waals surface area contributed by atoms with Crippen molar-refractivity contribution >= 4 is 46.0 Å². The van der Waals surface area contributed by atoms with Gasteiger partial charge in [0.2, 0.25) is 0 Å². The molecule has 2 atom stereocenters. The van der Waals surface area contributed by atoms with Crippen LogP contribution in [0.15, 0.2) is 88.7 Å². The molecule has 0 saturated carbocycles. The second-order valence-electron chi connectivity index (χ2n) is 8.59. The van der Waals surface area contributed by atoms with Crippen LogP contribution in [0.25, 0.3) is 21.7 Å². The Morgan fingerprint density at radius 3 is 2.15 bits per heavy atom. The van der Waals surface area contributed by atoms with Crippen LogP contribution in [0.5, 0.6) is 0 Å². The molecule has 0 fully saturated rings. The first-order valence-electron chi connectivity index (χ1n) is 11.2. The lowest BCUT2D eigenvalue weighted by molar-refractivity contribution is 0.0655. The fourth-order valence-electron chi connectivity index (χ4n) is 5.43. The molecule has 0 bridgehead atoms. The highest BCUT2D eigenvalue weighted by Crippen LogP contribution is 2.68. The molecule has 1 aromatic heterocycles. The minimum Gasteiger partial charge on any atom is -0.358 e. The first-order valence-corrected chi connectivity index (χ1v) is 13.6. The van der Waals surface area contributed by atoms with Gasteiger partial charge in [0, 0.05) is 33.1 Å². The van der Waals surface area contributed by atoms with Gasteiger partial charge in [0.05, 0.1) is 14.6 Å². The Labute approximate surface area is 205 Å². The summed E-state index contributed by atoms with van der Waals surface area (Å²) < 4.78 is 7.87. The summed E-state index contributed by atoms with van der Waals surface area (Å²) >= 11 is 5.64. The number of benzene rings is 3. The van der Waals surface area contributed by atoms with Crippen LogP contribution >= 0.6 is 34.9 Å². The second-order valence-corrected chi connectivity index (χ2v) is 12.3. The summed E-state index contributed by atoms with van der Waals surface area (Å²) in [5, 5.41) is 2.16. The highest BCUT2D eigenvalue weighted by atomic mass is 32.2. The molecular formula is C28H21NOS3. The number of hydrogen-bond acceptors (Lipinski definition) is 5. The van der Waals surface area contributed by atoms with Gasteiger partial charge in [-0.3, -0.25) is 0 Å². The molecule has 162 valence electrons. The zero-order valence-electron chi connectivity index (χ0n) is 18.3. The fraction of sp³-hybridized carbons (Fsp3) is 0.179. The lowest BCUT2D eigenvalue weighted by atomic mass is 9.80. The summed E-state index contributed by atoms with van der Waals surface area (Å²) in [5.74, 6) is 0. The predicted octanol–water partition coefficient (Wildman–Crippen LogP) is 5.92. The van der Waals surface area contributed by atoms with Gasteiger partial charge < -0.3 is 4.74 Å². The topological polar surface area (TPSA) is 22.1 Å². The Kier molecular flexibility index (Phi) is 4.32. The average molecular weight is 484 g/mol. The molecule has 4 aromatic rings. The molecule has 0 spiro atoms. The molecule has 1 aliphatic carbocycles. The highest BCUT2D eigenvalue weighted by molar-refractivity contribution is 8.06. The van der Waals surface area contributed by atoms with Gasteiger partial charge in [0.15, 0.2) is 4.93 Å². The Bertz CT molecular complexity index is 1560. The maximum absolute atomic E-state index is 6.85. The molecule has 0 amide bonds. The third-order valence-corrected chi connectivity index (χ3v) is 11.1. The summed E-state index contributed by atoms with van der Waals surface area (Å²) in [6.45, 7) is 5.14. The van der Waals surface area contributed by atoms with Gasteiger partial charge in [-0.05, 0) is 37.1 Å². The van der Waals surface area contributed by atoms with Gasteiger partial charge in [0.1, 0.15) is 5.01 Å². The van der Waals surface area contributed by atoms with E-state index in [2.05, 4.69) is 92.7 Å². The maximum atomic E-state index is 6.85. The van der Waals surface area contributed by atoms with Crippen LogP contribution in [0.2, 0.25) is 0 Å². The minimum absolute atomic E-state index is 0.265. The minimum atomic E-state index is -0.528. The monoisotopic (exact) mass is 483 g/mol. The number of hydrogen-bond donors (Lipinski definition) is 0. The number of thiazole rings is 1. The maximum Gasteiger partial charge on any atom is 0.165 e. The lowest BCUT2D eigenvalue weighted by Crippen LogP contribution is -2.56. The second kappa shape index (κ2) is 7.09. The number of rotatable bonds is 3. The van der Waals surface area contributed by atoms with E-state index in [1.807, 2.05) is 34.9 Å². The zero-order chi connectivity index (χ0) is 22.2. The van der Waals surface area contributed by atoms with Gasteiger partial charge in [-0.2, -0.15) is 0 Å². The summed E-state index contributed by atoms with van der Waals surface area (Å²) in [6, 6.07) is 28.1. The van der Waals surface area contributed by atoms with Crippen molar-refractivity contribution in [2.45, 2.75) is 33.3 Å². The molecule has 3 heterocycles. The molecule has 2 aliphatic heterocycles. The molecule has 2 nitrogen and oxygen atoms in total. The third kappa shape index (κ3) is 2.54. The molecule has 0 saturated heterocycles. The molecule has 3 aromatic carbocycles. The van der Waals surface area contributed by atoms with Crippen LogP contribution in [-0.4, -0.2) is 21.3 Å². The van der Waals surface area contributed by atoms with E-state index in [0.29, 0.717) is 6.61 Å². The van der Waals surface area contributed by atoms with E-state index < -0.39 is 4.93 Å². The van der Waals surface area contributed by atoms with Crippen LogP contribution in [-0.2, 0) is 4.74 Å². The Balaban J connectivity index is 1.69. The van der Waals surface area contributed by atoms with E-state index in [4.69, 9.17) is 9.72 Å². The first-order chi connectivity index (χ1) is 16.2. The zero-order valence-corrected chi connectivity index (χ0v) is 20.7. The van der Waals surface area contributed by atoms with E-state index in [-0.39, 0.29) is 4.75 Å². The molecule has 7 rings (SSSR count).